The predicted octanol–water partition coefficient (Wildman–Crippen LogP) is 0.879. The normalized spacial score (nSPS) is 20.0. The molecule has 1 aromatic carbocycles. The molecule has 1 heterocycles. The molecule has 6 heteroatoms. The third-order valence-electron chi connectivity index (χ3n) is 2.68. The van der Waals surface area contributed by atoms with Crippen LogP contribution in [0.5, 0.6) is 0 Å². The van der Waals surface area contributed by atoms with Gasteiger partial charge in [-0.3, -0.25) is 4.79 Å². The zero-order valence-corrected chi connectivity index (χ0v) is 11.6. The van der Waals surface area contributed by atoms with Crippen LogP contribution in [0.2, 0.25) is 5.02 Å². The van der Waals surface area contributed by atoms with Gasteiger partial charge in [-0.1, -0.05) is 29.8 Å². The molecule has 0 aromatic heterocycles. The van der Waals surface area contributed by atoms with Crippen molar-refractivity contribution in [3.63, 3.8) is 0 Å². The van der Waals surface area contributed by atoms with Crippen LogP contribution in [-0.4, -0.2) is 24.7 Å². The van der Waals surface area contributed by atoms with Crippen molar-refractivity contribution in [2.75, 3.05) is 13.6 Å². The molecule has 96 valence electrons. The number of rotatable bonds is 2. The van der Waals surface area contributed by atoms with Gasteiger partial charge in [0, 0.05) is 17.8 Å². The van der Waals surface area contributed by atoms with Crippen molar-refractivity contribution in [2.45, 2.75) is 12.2 Å². The first-order valence-electron chi connectivity index (χ1n) is 5.69. The molecule has 18 heavy (non-hydrogen) atoms. The van der Waals surface area contributed by atoms with Gasteiger partial charge in [-0.05, 0) is 23.4 Å². The second-order valence-corrected chi connectivity index (χ2v) is 5.31. The summed E-state index contributed by atoms with van der Waals surface area (Å²) in [6, 6.07) is 7.76. The molecule has 0 radical (unpaired) electrons. The van der Waals surface area contributed by atoms with Gasteiger partial charge in [-0.2, -0.15) is 10.4 Å². The van der Waals surface area contributed by atoms with E-state index in [-0.39, 0.29) is 5.91 Å². The molecule has 0 bridgehead atoms. The minimum atomic E-state index is 0.0736. The van der Waals surface area contributed by atoms with E-state index in [4.69, 9.17) is 11.6 Å². The van der Waals surface area contributed by atoms with Crippen molar-refractivity contribution in [1.29, 1.82) is 0 Å². The molecular weight excluding hydrogens is 270 g/mol. The Morgan fingerprint density at radius 3 is 2.94 bits per heavy atom. The molecule has 1 aliphatic heterocycles. The van der Waals surface area contributed by atoms with E-state index in [2.05, 4.69) is 10.4 Å². The summed E-state index contributed by atoms with van der Waals surface area (Å²) in [6.45, 7) is 0.751. The highest BCUT2D eigenvalue weighted by atomic mass is 35.5. The van der Waals surface area contributed by atoms with Crippen LogP contribution in [0.1, 0.15) is 12.0 Å². The van der Waals surface area contributed by atoms with Gasteiger partial charge in [0.1, 0.15) is 6.54 Å². The predicted molar refractivity (Wildman–Crippen MR) is 74.7 cm³/mol. The summed E-state index contributed by atoms with van der Waals surface area (Å²) in [7, 11) is 1.74. The number of nitrogens with one attached hydrogen (secondary N) is 2. The van der Waals surface area contributed by atoms with Crippen LogP contribution in [0, 0.1) is 0 Å². The summed E-state index contributed by atoms with van der Waals surface area (Å²) in [6.07, 6.45) is 0.557. The molecule has 0 aliphatic carbocycles. The molecule has 1 saturated heterocycles. The molecule has 2 rings (SSSR count). The highest BCUT2D eigenvalue weighted by Crippen LogP contribution is 2.20. The number of thioether (sulfide) groups is 1. The summed E-state index contributed by atoms with van der Waals surface area (Å²) in [5, 5.41) is 2.58. The van der Waals surface area contributed by atoms with Gasteiger partial charge in [0.05, 0.1) is 6.42 Å². The van der Waals surface area contributed by atoms with E-state index >= 15 is 0 Å². The average molecular weight is 285 g/mol. The topological polar surface area (TPSA) is 45.9 Å². The lowest BCUT2D eigenvalue weighted by molar-refractivity contribution is -0.830. The van der Waals surface area contributed by atoms with Crippen LogP contribution in [0.3, 0.4) is 0 Å². The molecule has 1 fully saturated rings. The van der Waals surface area contributed by atoms with Crippen molar-refractivity contribution in [3.8, 4) is 0 Å². The lowest BCUT2D eigenvalue weighted by Gasteiger charge is -2.12. The molecule has 0 spiro atoms. The smallest absolute Gasteiger partial charge is 0.270 e. The Balaban J connectivity index is 1.96. The van der Waals surface area contributed by atoms with E-state index in [0.29, 0.717) is 6.42 Å². The second kappa shape index (κ2) is 6.22. The van der Waals surface area contributed by atoms with Crippen molar-refractivity contribution < 1.29 is 9.80 Å². The van der Waals surface area contributed by atoms with Crippen molar-refractivity contribution in [1.82, 2.24) is 5.43 Å². The number of quaternary nitrogens is 1. The number of amidine groups is 1. The number of aliphatic imine (C=N–C) groups is 1. The molecular formula is C12H15ClN3OS+. The summed E-state index contributed by atoms with van der Waals surface area (Å²) < 4.78 is 0. The third-order valence-corrected chi connectivity index (χ3v) is 4.20. The van der Waals surface area contributed by atoms with Crippen LogP contribution >= 0.6 is 23.4 Å². The van der Waals surface area contributed by atoms with Gasteiger partial charge in [0.25, 0.3) is 11.1 Å². The molecule has 2 N–H and O–H groups in total. The Kier molecular flexibility index (Phi) is 4.63. The monoisotopic (exact) mass is 284 g/mol. The van der Waals surface area contributed by atoms with Crippen LogP contribution < -0.4 is 10.4 Å². The molecule has 1 amide bonds. The number of benzene rings is 1. The Bertz CT molecular complexity index is 478. The number of hydrogen-bond donors (Lipinski definition) is 2. The Labute approximate surface area is 115 Å². The lowest BCUT2D eigenvalue weighted by atomic mass is 10.2. The second-order valence-electron chi connectivity index (χ2n) is 3.94. The van der Waals surface area contributed by atoms with Crippen molar-refractivity contribution in [3.05, 3.63) is 34.9 Å². The van der Waals surface area contributed by atoms with Gasteiger partial charge >= 0.3 is 0 Å². The minimum absolute atomic E-state index is 0.0736. The maximum Gasteiger partial charge on any atom is 0.282 e. The fourth-order valence-corrected chi connectivity index (χ4v) is 3.02. The number of nitrogens with zero attached hydrogens (tertiary/aromatic N) is 1. The first-order valence-corrected chi connectivity index (χ1v) is 7.06. The van der Waals surface area contributed by atoms with E-state index < -0.39 is 0 Å². The van der Waals surface area contributed by atoms with E-state index in [1.807, 2.05) is 24.3 Å². The van der Waals surface area contributed by atoms with Crippen LogP contribution in [0.15, 0.2) is 29.3 Å². The first kappa shape index (κ1) is 13.4. The fourth-order valence-electron chi connectivity index (χ4n) is 1.74. The number of carbonyl (C=O) groups excluding carboxylic acids is 1. The molecule has 4 nitrogen and oxygen atoms in total. The number of hydrogen-bond acceptors (Lipinski definition) is 3. The van der Waals surface area contributed by atoms with Gasteiger partial charge in [0.2, 0.25) is 0 Å². The summed E-state index contributed by atoms with van der Waals surface area (Å²) >= 11 is 7.71. The van der Waals surface area contributed by atoms with Crippen LogP contribution in [-0.2, 0) is 10.5 Å². The van der Waals surface area contributed by atoms with E-state index in [1.165, 1.54) is 0 Å². The van der Waals surface area contributed by atoms with E-state index in [9.17, 15) is 4.79 Å². The summed E-state index contributed by atoms with van der Waals surface area (Å²) in [5.74, 6) is 0.829. The number of carbonyl (C=O) groups is 1. The van der Waals surface area contributed by atoms with Gasteiger partial charge in [-0.15, -0.1) is 0 Å². The Morgan fingerprint density at radius 2 is 2.33 bits per heavy atom. The Morgan fingerprint density at radius 1 is 1.56 bits per heavy atom. The standard InChI is InChI=1S/C12H14ClN3OS/c1-14-12(16-7-6-11(17)15-16)18-8-9-4-2-3-5-10(9)13/h2-5H,6-8H2,1H3,(H,15,17)/p+1. The largest absolute Gasteiger partial charge is 0.282 e. The zero-order valence-electron chi connectivity index (χ0n) is 10.1. The van der Waals surface area contributed by atoms with E-state index in [1.54, 1.807) is 18.8 Å². The summed E-state index contributed by atoms with van der Waals surface area (Å²) in [4.78, 5) is 15.4. The maximum atomic E-state index is 11.2. The van der Waals surface area contributed by atoms with Crippen molar-refractivity contribution >= 4 is 34.4 Å². The molecule has 1 atom stereocenters. The van der Waals surface area contributed by atoms with Gasteiger partial charge in [0.15, 0.2) is 0 Å². The number of halogens is 1. The lowest BCUT2D eigenvalue weighted by Crippen LogP contribution is -3.18. The third kappa shape index (κ3) is 3.25. The first-order chi connectivity index (χ1) is 8.70. The Hall–Kier alpha value is -1.04. The minimum Gasteiger partial charge on any atom is -0.270 e. The SMILES string of the molecule is CN=C(SCc1ccccc1Cl)[NH+]1CCC(=O)N1. The summed E-state index contributed by atoms with van der Waals surface area (Å²) in [5.41, 5.74) is 3.93. The van der Waals surface area contributed by atoms with Gasteiger partial charge < -0.3 is 0 Å². The zero-order chi connectivity index (χ0) is 13.0. The molecule has 1 unspecified atom stereocenters. The highest BCUT2D eigenvalue weighted by Gasteiger charge is 2.27. The van der Waals surface area contributed by atoms with Crippen molar-refractivity contribution in [2.24, 2.45) is 4.99 Å². The quantitative estimate of drug-likeness (QED) is 0.626. The maximum absolute atomic E-state index is 11.2. The molecule has 0 saturated carbocycles. The van der Waals surface area contributed by atoms with Crippen LogP contribution in [0.25, 0.3) is 0 Å². The van der Waals surface area contributed by atoms with Crippen LogP contribution in [0.4, 0.5) is 0 Å². The molecule has 1 aromatic rings. The highest BCUT2D eigenvalue weighted by molar-refractivity contribution is 8.12. The fraction of sp³-hybridized carbons (Fsp3) is 0.333. The number of amides is 1. The van der Waals surface area contributed by atoms with E-state index in [0.717, 1.165) is 33.1 Å². The average Bonchev–Trinajstić information content (AvgIpc) is 2.79. The molecule has 1 aliphatic rings. The van der Waals surface area contributed by atoms with Gasteiger partial charge in [-0.25, -0.2) is 4.99 Å².